The van der Waals surface area contributed by atoms with Crippen LogP contribution in [0, 0.1) is 11.8 Å². The van der Waals surface area contributed by atoms with Crippen LogP contribution in [0.15, 0.2) is 82.9 Å². The van der Waals surface area contributed by atoms with Crippen LogP contribution in [0.4, 0.5) is 5.82 Å². The molecule has 4 aromatic heterocycles. The molecule has 0 spiro atoms. The van der Waals surface area contributed by atoms with Crippen molar-refractivity contribution in [2.75, 3.05) is 11.8 Å². The van der Waals surface area contributed by atoms with Gasteiger partial charge in [-0.15, -0.1) is 0 Å². The van der Waals surface area contributed by atoms with Crippen molar-refractivity contribution in [3.8, 4) is 52.6 Å². The molecule has 1 unspecified atom stereocenters. The Balaban J connectivity index is 1.67. The monoisotopic (exact) mass is 718 g/mol. The van der Waals surface area contributed by atoms with Gasteiger partial charge in [-0.05, 0) is 64.5 Å². The fraction of sp³-hybridized carbons (Fsp3) is 0.194. The molecule has 5 aromatic rings. The molecule has 1 atom stereocenters. The minimum absolute atomic E-state index is 0.0503. The fourth-order valence-electron chi connectivity index (χ4n) is 3.83. The van der Waals surface area contributed by atoms with Crippen LogP contribution in [-0.4, -0.2) is 56.7 Å². The van der Waals surface area contributed by atoms with Gasteiger partial charge in [0.05, 0.1) is 11.6 Å². The van der Waals surface area contributed by atoms with Crippen molar-refractivity contribution in [1.29, 1.82) is 0 Å². The highest BCUT2D eigenvalue weighted by molar-refractivity contribution is 9.10. The number of nitrogens with one attached hydrogen (secondary N) is 1. The van der Waals surface area contributed by atoms with Crippen LogP contribution in [0.2, 0.25) is 0 Å². The fourth-order valence-corrected chi connectivity index (χ4v) is 4.97. The van der Waals surface area contributed by atoms with Gasteiger partial charge >= 0.3 is 12.3 Å². The number of anilines is 1. The van der Waals surface area contributed by atoms with E-state index in [-0.39, 0.29) is 51.8 Å². The molecule has 0 saturated heterocycles. The van der Waals surface area contributed by atoms with Gasteiger partial charge in [0.2, 0.25) is 11.6 Å². The predicted molar refractivity (Wildman–Crippen MR) is 173 cm³/mol. The Hall–Kier alpha value is -5.40. The second-order valence-corrected chi connectivity index (χ2v) is 12.2. The molecule has 4 heterocycles. The van der Waals surface area contributed by atoms with Gasteiger partial charge in [0.1, 0.15) is 0 Å². The summed E-state index contributed by atoms with van der Waals surface area (Å²) in [4.78, 5) is 29.8. The summed E-state index contributed by atoms with van der Waals surface area (Å²) in [6.07, 6.45) is 6.09. The molecule has 0 saturated carbocycles. The van der Waals surface area contributed by atoms with E-state index in [1.165, 1.54) is 44.2 Å². The van der Waals surface area contributed by atoms with Crippen LogP contribution in [-0.2, 0) is 10.0 Å². The molecule has 0 aliphatic rings. The molecule has 0 fully saturated rings. The lowest BCUT2D eigenvalue weighted by atomic mass is 10.1. The molecule has 0 radical (unpaired) electrons. The minimum atomic E-state index is -4.34. The maximum absolute atomic E-state index is 13.7. The lowest BCUT2D eigenvalue weighted by Crippen LogP contribution is -2.24. The maximum atomic E-state index is 13.7. The topological polar surface area (TPSA) is 173 Å². The zero-order valence-electron chi connectivity index (χ0n) is 25.4. The van der Waals surface area contributed by atoms with Crippen molar-refractivity contribution in [1.82, 2.24) is 34.9 Å². The average Bonchev–Trinajstić information content (AvgIpc) is 3.07. The number of para-hydroxylation sites is 2. The van der Waals surface area contributed by atoms with Crippen LogP contribution in [0.1, 0.15) is 32.3 Å². The lowest BCUT2D eigenvalue weighted by molar-refractivity contribution is 0.0413. The van der Waals surface area contributed by atoms with Gasteiger partial charge in [0, 0.05) is 31.0 Å². The molecule has 1 aromatic carbocycles. The number of rotatable bonds is 12. The van der Waals surface area contributed by atoms with Crippen molar-refractivity contribution in [3.05, 3.63) is 83.5 Å². The summed E-state index contributed by atoms with van der Waals surface area (Å²) in [5.74, 6) is 5.29. The third kappa shape index (κ3) is 8.26. The van der Waals surface area contributed by atoms with Gasteiger partial charge in [0.25, 0.3) is 15.9 Å². The summed E-state index contributed by atoms with van der Waals surface area (Å²) < 4.78 is 54.1. The molecule has 16 heteroatoms. The smallest absolute Gasteiger partial charge is 0.320 e. The minimum Gasteiger partial charge on any atom is -0.493 e. The molecule has 14 nitrogen and oxygen atoms in total. The summed E-state index contributed by atoms with van der Waals surface area (Å²) in [5.41, 5.74) is 0.864. The van der Waals surface area contributed by atoms with Crippen molar-refractivity contribution in [3.63, 3.8) is 0 Å². The number of nitrogens with zero attached hydrogens (tertiary/aromatic N) is 7. The quantitative estimate of drug-likeness (QED) is 0.128. The van der Waals surface area contributed by atoms with Crippen LogP contribution >= 0.6 is 15.9 Å². The van der Waals surface area contributed by atoms with E-state index < -0.39 is 16.3 Å². The first-order chi connectivity index (χ1) is 22.7. The van der Waals surface area contributed by atoms with Crippen LogP contribution < -0.4 is 23.7 Å². The summed E-state index contributed by atoms with van der Waals surface area (Å²) in [7, 11) is -2.88. The first kappa shape index (κ1) is 33.0. The summed E-state index contributed by atoms with van der Waals surface area (Å²) >= 11 is 3.28. The Labute approximate surface area is 279 Å². The Kier molecular flexibility index (Phi) is 10.4. The molecule has 0 aliphatic heterocycles. The van der Waals surface area contributed by atoms with Gasteiger partial charge < -0.3 is 18.9 Å². The Morgan fingerprint density at radius 2 is 1.57 bits per heavy atom. The van der Waals surface area contributed by atoms with Crippen molar-refractivity contribution >= 4 is 31.8 Å². The number of ether oxygens (including phenoxy) is 4. The molecule has 0 amide bonds. The van der Waals surface area contributed by atoms with E-state index in [1.54, 1.807) is 43.3 Å². The Morgan fingerprint density at radius 3 is 2.21 bits per heavy atom. The Bertz CT molecular complexity index is 2010. The number of hydrogen-bond acceptors (Lipinski definition) is 13. The first-order valence-electron chi connectivity index (χ1n) is 13.9. The lowest BCUT2D eigenvalue weighted by Gasteiger charge is -2.20. The van der Waals surface area contributed by atoms with E-state index in [2.05, 4.69) is 67.4 Å². The van der Waals surface area contributed by atoms with Crippen LogP contribution in [0.5, 0.6) is 29.1 Å². The number of halogens is 1. The summed E-state index contributed by atoms with van der Waals surface area (Å²) in [5, 5.41) is -0.255. The normalized spacial score (nSPS) is 11.6. The third-order valence-corrected chi connectivity index (χ3v) is 7.77. The highest BCUT2D eigenvalue weighted by atomic mass is 79.9. The number of methoxy groups -OCH3 is 1. The van der Waals surface area contributed by atoms with E-state index in [0.717, 1.165) is 5.56 Å². The highest BCUT2D eigenvalue weighted by Gasteiger charge is 2.28. The second-order valence-electron chi connectivity index (χ2n) is 9.69. The van der Waals surface area contributed by atoms with Crippen molar-refractivity contribution < 1.29 is 27.4 Å². The summed E-state index contributed by atoms with van der Waals surface area (Å²) in [6.45, 7) is 5.53. The number of pyridine rings is 1. The number of sulfonamides is 1. The molecule has 0 bridgehead atoms. The standard InChI is InChI=1S/C31H27BrN8O6S/c1-5-9-25(46-31-36-17-21(32)18-37-31)45-30-26(44-23-11-7-6-10-22(23)43-4)27(38-29(39-30)28-33-14-8-15-34-28)40-47(41,42)24-13-12-20(16-35-24)19(2)3/h6-8,10-19,25H,1-4H3,(H,38,39,40). The van der Waals surface area contributed by atoms with Crippen molar-refractivity contribution in [2.24, 2.45) is 0 Å². The van der Waals surface area contributed by atoms with Gasteiger partial charge in [-0.25, -0.2) is 29.9 Å². The Morgan fingerprint density at radius 1 is 0.851 bits per heavy atom. The van der Waals surface area contributed by atoms with Gasteiger partial charge in [-0.1, -0.05) is 38.0 Å². The largest absolute Gasteiger partial charge is 0.493 e. The zero-order chi connectivity index (χ0) is 33.4. The number of aromatic nitrogens is 7. The third-order valence-electron chi connectivity index (χ3n) is 6.10. The van der Waals surface area contributed by atoms with E-state index in [4.69, 9.17) is 18.9 Å². The second kappa shape index (κ2) is 14.8. The average molecular weight is 720 g/mol. The first-order valence-corrected chi connectivity index (χ1v) is 16.2. The molecule has 240 valence electrons. The predicted octanol–water partition coefficient (Wildman–Crippen LogP) is 5.41. The number of hydrogen-bond donors (Lipinski definition) is 1. The maximum Gasteiger partial charge on any atom is 0.320 e. The molecular weight excluding hydrogens is 692 g/mol. The van der Waals surface area contributed by atoms with Gasteiger partial charge in [-0.3, -0.25) is 4.72 Å². The van der Waals surface area contributed by atoms with E-state index in [9.17, 15) is 8.42 Å². The SMILES string of the molecule is CC#CC(Oc1ncc(Br)cn1)Oc1nc(-c2ncccn2)nc(NS(=O)(=O)c2ccc(C(C)C)cn2)c1Oc1ccccc1OC. The van der Waals surface area contributed by atoms with Crippen molar-refractivity contribution in [2.45, 2.75) is 38.0 Å². The highest BCUT2D eigenvalue weighted by Crippen LogP contribution is 2.41. The molecule has 0 aliphatic carbocycles. The van der Waals surface area contributed by atoms with Crippen LogP contribution in [0.3, 0.4) is 0 Å². The number of benzene rings is 1. The van der Waals surface area contributed by atoms with Crippen LogP contribution in [0.25, 0.3) is 11.6 Å². The van der Waals surface area contributed by atoms with E-state index in [0.29, 0.717) is 10.2 Å². The molecule has 5 rings (SSSR count). The van der Waals surface area contributed by atoms with E-state index >= 15 is 0 Å². The van der Waals surface area contributed by atoms with Gasteiger partial charge in [0.15, 0.2) is 28.2 Å². The molecule has 47 heavy (non-hydrogen) atoms. The van der Waals surface area contributed by atoms with E-state index in [1.807, 2.05) is 13.8 Å². The summed E-state index contributed by atoms with van der Waals surface area (Å²) in [6, 6.07) is 11.4. The van der Waals surface area contributed by atoms with Gasteiger partial charge in [-0.2, -0.15) is 13.4 Å². The zero-order valence-corrected chi connectivity index (χ0v) is 27.9. The molecule has 1 N–H and O–H groups in total. The molecular formula is C31H27BrN8O6S.